The van der Waals surface area contributed by atoms with Gasteiger partial charge in [0, 0.05) is 11.4 Å². The lowest BCUT2D eigenvalue weighted by atomic mass is 10.2. The minimum absolute atomic E-state index is 0.000837. The van der Waals surface area contributed by atoms with Crippen LogP contribution in [0.3, 0.4) is 0 Å². The van der Waals surface area contributed by atoms with Crippen LogP contribution in [0.4, 0.5) is 4.39 Å². The van der Waals surface area contributed by atoms with Crippen LogP contribution in [0.25, 0.3) is 5.69 Å². The molecule has 7 heteroatoms. The van der Waals surface area contributed by atoms with Gasteiger partial charge in [0.25, 0.3) is 5.91 Å². The molecule has 0 saturated carbocycles. The molecule has 3 aromatic carbocycles. The van der Waals surface area contributed by atoms with Crippen LogP contribution in [0.5, 0.6) is 0 Å². The van der Waals surface area contributed by atoms with Crippen molar-refractivity contribution in [2.24, 2.45) is 0 Å². The molecule has 0 radical (unpaired) electrons. The molecule has 4 rings (SSSR count). The van der Waals surface area contributed by atoms with E-state index in [0.29, 0.717) is 5.82 Å². The summed E-state index contributed by atoms with van der Waals surface area (Å²) in [6.07, 6.45) is 0. The zero-order valence-corrected chi connectivity index (χ0v) is 18.6. The summed E-state index contributed by atoms with van der Waals surface area (Å²) in [6, 6.07) is 23.6. The summed E-state index contributed by atoms with van der Waals surface area (Å²) in [5, 5.41) is 12.3. The normalized spacial score (nSPS) is 11.8. The average Bonchev–Trinajstić information content (AvgIpc) is 3.23. The topological polar surface area (TPSA) is 59.8 Å². The number of nitrogens with one attached hydrogen (secondary N) is 1. The molecule has 0 aliphatic carbocycles. The third-order valence-electron chi connectivity index (χ3n) is 5.01. The quantitative estimate of drug-likeness (QED) is 0.381. The fourth-order valence-corrected chi connectivity index (χ4v) is 4.21. The number of para-hydroxylation sites is 1. The van der Waals surface area contributed by atoms with Crippen molar-refractivity contribution in [2.75, 3.05) is 0 Å². The van der Waals surface area contributed by atoms with E-state index in [-0.39, 0.29) is 5.56 Å². The molecule has 5 nitrogen and oxygen atoms in total. The van der Waals surface area contributed by atoms with Gasteiger partial charge in [0.05, 0.1) is 11.6 Å². The molecular formula is C25H23FN4OS. The van der Waals surface area contributed by atoms with Gasteiger partial charge in [0.15, 0.2) is 11.0 Å². The van der Waals surface area contributed by atoms with Gasteiger partial charge in [-0.3, -0.25) is 9.36 Å². The first-order valence-electron chi connectivity index (χ1n) is 10.3. The molecule has 32 heavy (non-hydrogen) atoms. The van der Waals surface area contributed by atoms with E-state index in [0.717, 1.165) is 16.6 Å². The number of thioether (sulfide) groups is 1. The van der Waals surface area contributed by atoms with Gasteiger partial charge in [-0.15, -0.1) is 10.2 Å². The highest BCUT2D eigenvalue weighted by atomic mass is 32.2. The van der Waals surface area contributed by atoms with Gasteiger partial charge in [0.1, 0.15) is 5.82 Å². The van der Waals surface area contributed by atoms with Crippen molar-refractivity contribution >= 4 is 17.7 Å². The summed E-state index contributed by atoms with van der Waals surface area (Å²) in [5.74, 6) is 0.261. The number of aryl methyl sites for hydroxylation is 1. The number of amides is 1. The first kappa shape index (κ1) is 21.8. The molecule has 0 saturated heterocycles. The Hall–Kier alpha value is -3.45. The number of aromatic nitrogens is 3. The van der Waals surface area contributed by atoms with E-state index in [2.05, 4.69) is 46.7 Å². The van der Waals surface area contributed by atoms with Crippen molar-refractivity contribution in [1.29, 1.82) is 0 Å². The summed E-state index contributed by atoms with van der Waals surface area (Å²) in [5.41, 5.74) is 3.29. The molecule has 1 aromatic heterocycles. The zero-order chi connectivity index (χ0) is 22.5. The van der Waals surface area contributed by atoms with Crippen molar-refractivity contribution in [3.8, 4) is 5.69 Å². The fourth-order valence-electron chi connectivity index (χ4n) is 3.29. The zero-order valence-electron chi connectivity index (χ0n) is 17.8. The van der Waals surface area contributed by atoms with Gasteiger partial charge in [-0.25, -0.2) is 4.39 Å². The Kier molecular flexibility index (Phi) is 6.66. The maximum Gasteiger partial charge on any atom is 0.254 e. The van der Waals surface area contributed by atoms with E-state index in [4.69, 9.17) is 0 Å². The lowest BCUT2D eigenvalue weighted by Crippen LogP contribution is -2.29. The van der Waals surface area contributed by atoms with Gasteiger partial charge in [0.2, 0.25) is 0 Å². The molecule has 1 amide bonds. The minimum Gasteiger partial charge on any atom is -0.342 e. The minimum atomic E-state index is -0.559. The summed E-state index contributed by atoms with van der Waals surface area (Å²) >= 11 is 1.57. The van der Waals surface area contributed by atoms with Crippen LogP contribution in [-0.2, 0) is 5.75 Å². The lowest BCUT2D eigenvalue weighted by molar-refractivity contribution is 0.0934. The highest BCUT2D eigenvalue weighted by molar-refractivity contribution is 7.98. The standard InChI is InChI=1S/C25H23FN4OS/c1-17-12-14-19(15-13-17)16-32-25-29-28-23(30(25)20-8-4-3-5-9-20)18(2)27-24(31)21-10-6-7-11-22(21)26/h3-15,18H,16H2,1-2H3,(H,27,31). The van der Waals surface area contributed by atoms with Gasteiger partial charge in [-0.1, -0.05) is 71.9 Å². The van der Waals surface area contributed by atoms with E-state index in [1.165, 1.54) is 23.3 Å². The van der Waals surface area contributed by atoms with Gasteiger partial charge in [-0.05, 0) is 43.7 Å². The van der Waals surface area contributed by atoms with Crippen LogP contribution in [0, 0.1) is 12.7 Å². The Bertz CT molecular complexity index is 1210. The molecular weight excluding hydrogens is 423 g/mol. The van der Waals surface area contributed by atoms with E-state index in [9.17, 15) is 9.18 Å². The largest absolute Gasteiger partial charge is 0.342 e. The number of halogens is 1. The SMILES string of the molecule is Cc1ccc(CSc2nnc(C(C)NC(=O)c3ccccc3F)n2-c2ccccc2)cc1. The third kappa shape index (κ3) is 4.89. The second-order valence-corrected chi connectivity index (χ2v) is 8.40. The number of hydrogen-bond donors (Lipinski definition) is 1. The molecule has 0 aliphatic rings. The molecule has 0 bridgehead atoms. The van der Waals surface area contributed by atoms with E-state index < -0.39 is 17.8 Å². The van der Waals surface area contributed by atoms with Crippen molar-refractivity contribution in [3.63, 3.8) is 0 Å². The van der Waals surface area contributed by atoms with Crippen LogP contribution < -0.4 is 5.32 Å². The summed E-state index contributed by atoms with van der Waals surface area (Å²) in [6.45, 7) is 3.88. The molecule has 162 valence electrons. The maximum absolute atomic E-state index is 14.0. The Labute approximate surface area is 190 Å². The van der Waals surface area contributed by atoms with Crippen molar-refractivity contribution in [3.05, 3.63) is 107 Å². The number of benzene rings is 3. The Morgan fingerprint density at radius 2 is 1.69 bits per heavy atom. The molecule has 1 unspecified atom stereocenters. The molecule has 1 N–H and O–H groups in total. The number of hydrogen-bond acceptors (Lipinski definition) is 4. The van der Waals surface area contributed by atoms with Crippen LogP contribution in [0.15, 0.2) is 84.0 Å². The first-order valence-corrected chi connectivity index (χ1v) is 11.3. The molecule has 1 heterocycles. The Morgan fingerprint density at radius 1 is 1.00 bits per heavy atom. The van der Waals surface area contributed by atoms with Crippen molar-refractivity contribution in [1.82, 2.24) is 20.1 Å². The molecule has 0 spiro atoms. The molecule has 4 aromatic rings. The molecule has 0 aliphatic heterocycles. The van der Waals surface area contributed by atoms with Gasteiger partial charge in [-0.2, -0.15) is 0 Å². The predicted molar refractivity (Wildman–Crippen MR) is 124 cm³/mol. The van der Waals surface area contributed by atoms with Crippen LogP contribution in [0.2, 0.25) is 0 Å². The van der Waals surface area contributed by atoms with Crippen LogP contribution in [0.1, 0.15) is 40.3 Å². The highest BCUT2D eigenvalue weighted by Crippen LogP contribution is 2.27. The average molecular weight is 447 g/mol. The Morgan fingerprint density at radius 3 is 2.41 bits per heavy atom. The van der Waals surface area contributed by atoms with Crippen LogP contribution in [-0.4, -0.2) is 20.7 Å². The van der Waals surface area contributed by atoms with Gasteiger partial charge < -0.3 is 5.32 Å². The second-order valence-electron chi connectivity index (χ2n) is 7.46. The smallest absolute Gasteiger partial charge is 0.254 e. The summed E-state index contributed by atoms with van der Waals surface area (Å²) < 4.78 is 16.0. The Balaban J connectivity index is 1.60. The summed E-state index contributed by atoms with van der Waals surface area (Å²) in [7, 11) is 0. The first-order chi connectivity index (χ1) is 15.5. The maximum atomic E-state index is 14.0. The number of carbonyl (C=O) groups is 1. The number of carbonyl (C=O) groups excluding carboxylic acids is 1. The number of rotatable bonds is 7. The molecule has 1 atom stereocenters. The highest BCUT2D eigenvalue weighted by Gasteiger charge is 2.22. The van der Waals surface area contributed by atoms with E-state index in [1.807, 2.05) is 41.8 Å². The predicted octanol–water partition coefficient (Wildman–Crippen LogP) is 5.50. The van der Waals surface area contributed by atoms with Crippen molar-refractivity contribution < 1.29 is 9.18 Å². The lowest BCUT2D eigenvalue weighted by Gasteiger charge is -2.16. The van der Waals surface area contributed by atoms with Crippen molar-refractivity contribution in [2.45, 2.75) is 30.8 Å². The van der Waals surface area contributed by atoms with E-state index >= 15 is 0 Å². The molecule has 0 fully saturated rings. The monoisotopic (exact) mass is 446 g/mol. The second kappa shape index (κ2) is 9.78. The summed E-state index contributed by atoms with van der Waals surface area (Å²) in [4.78, 5) is 12.6. The van der Waals surface area contributed by atoms with Gasteiger partial charge >= 0.3 is 0 Å². The van der Waals surface area contributed by atoms with E-state index in [1.54, 1.807) is 23.9 Å². The number of nitrogens with zero attached hydrogens (tertiary/aromatic N) is 3. The third-order valence-corrected chi connectivity index (χ3v) is 6.01. The van der Waals surface area contributed by atoms with Crippen LogP contribution >= 0.6 is 11.8 Å². The fraction of sp³-hybridized carbons (Fsp3) is 0.160.